The Morgan fingerprint density at radius 1 is 1.21 bits per heavy atom. The minimum Gasteiger partial charge on any atom is -0.361 e. The Balaban J connectivity index is 2.24. The Labute approximate surface area is 115 Å². The average molecular weight is 278 g/mol. The zero-order valence-corrected chi connectivity index (χ0v) is 11.4. The molecule has 1 N–H and O–H groups in total. The van der Waals surface area contributed by atoms with E-state index in [2.05, 4.69) is 15.3 Å². The third-order valence-electron chi connectivity index (χ3n) is 3.29. The summed E-state index contributed by atoms with van der Waals surface area (Å²) in [7, 11) is 0. The number of hydrogen-bond donors (Lipinski definition) is 1. The van der Waals surface area contributed by atoms with Crippen molar-refractivity contribution >= 4 is 17.4 Å². The maximum absolute atomic E-state index is 14.6. The molecular formula is C14H13ClFN3. The molecule has 3 nitrogen and oxygen atoms in total. The second-order valence-electron chi connectivity index (χ2n) is 5.18. The van der Waals surface area contributed by atoms with Crippen LogP contribution < -0.4 is 5.32 Å². The highest BCUT2D eigenvalue weighted by Crippen LogP contribution is 2.46. The van der Waals surface area contributed by atoms with E-state index in [0.29, 0.717) is 17.1 Å². The molecule has 1 aliphatic heterocycles. The Bertz CT molecular complexity index is 628. The molecule has 1 aromatic carbocycles. The van der Waals surface area contributed by atoms with E-state index < -0.39 is 11.7 Å². The van der Waals surface area contributed by atoms with Crippen molar-refractivity contribution in [3.05, 3.63) is 41.2 Å². The second-order valence-corrected chi connectivity index (χ2v) is 5.52. The van der Waals surface area contributed by atoms with E-state index in [9.17, 15) is 4.39 Å². The molecule has 2 heterocycles. The topological polar surface area (TPSA) is 37.8 Å². The third-order valence-corrected chi connectivity index (χ3v) is 3.46. The van der Waals surface area contributed by atoms with Crippen LogP contribution in [0.25, 0.3) is 11.3 Å². The van der Waals surface area contributed by atoms with E-state index in [1.165, 1.54) is 0 Å². The van der Waals surface area contributed by atoms with Gasteiger partial charge in [0.1, 0.15) is 5.82 Å². The van der Waals surface area contributed by atoms with Gasteiger partial charge in [-0.2, -0.15) is 0 Å². The highest BCUT2D eigenvalue weighted by Gasteiger charge is 2.42. The van der Waals surface area contributed by atoms with Crippen molar-refractivity contribution in [2.24, 2.45) is 0 Å². The van der Waals surface area contributed by atoms with Crippen LogP contribution in [0, 0.1) is 0 Å². The standard InChI is InChI=1S/C14H13ClFN3/c1-14(2)11(16)9-10(8-6-4-3-5-7-8)17-13(15)18-12(9)19-14/h3-7,11H,1-2H3,(H,17,18,19). The summed E-state index contributed by atoms with van der Waals surface area (Å²) in [4.78, 5) is 8.29. The van der Waals surface area contributed by atoms with E-state index in [0.717, 1.165) is 5.56 Å². The first-order valence-electron chi connectivity index (χ1n) is 6.04. The lowest BCUT2D eigenvalue weighted by Gasteiger charge is -2.21. The van der Waals surface area contributed by atoms with Crippen LogP contribution in [0.1, 0.15) is 25.6 Å². The summed E-state index contributed by atoms with van der Waals surface area (Å²) in [5, 5.41) is 3.18. The molecule has 19 heavy (non-hydrogen) atoms. The molecule has 98 valence electrons. The number of halogens is 2. The predicted molar refractivity (Wildman–Crippen MR) is 74.0 cm³/mol. The first-order valence-corrected chi connectivity index (χ1v) is 6.42. The summed E-state index contributed by atoms with van der Waals surface area (Å²) < 4.78 is 14.6. The van der Waals surface area contributed by atoms with Crippen LogP contribution in [0.15, 0.2) is 30.3 Å². The van der Waals surface area contributed by atoms with Crippen LogP contribution in [-0.2, 0) is 0 Å². The Hall–Kier alpha value is -1.68. The van der Waals surface area contributed by atoms with Crippen LogP contribution in [0.3, 0.4) is 0 Å². The summed E-state index contributed by atoms with van der Waals surface area (Å²) in [5.74, 6) is 0.483. The molecule has 1 aromatic heterocycles. The summed E-state index contributed by atoms with van der Waals surface area (Å²) >= 11 is 5.93. The number of alkyl halides is 1. The highest BCUT2D eigenvalue weighted by atomic mass is 35.5. The highest BCUT2D eigenvalue weighted by molar-refractivity contribution is 6.28. The zero-order valence-electron chi connectivity index (χ0n) is 10.6. The van der Waals surface area contributed by atoms with Crippen LogP contribution in [0.4, 0.5) is 10.2 Å². The molecule has 0 amide bonds. The van der Waals surface area contributed by atoms with Crippen molar-refractivity contribution in [1.29, 1.82) is 0 Å². The summed E-state index contributed by atoms with van der Waals surface area (Å²) in [6, 6.07) is 9.45. The maximum Gasteiger partial charge on any atom is 0.224 e. The van der Waals surface area contributed by atoms with E-state index in [1.807, 2.05) is 30.3 Å². The number of fused-ring (bicyclic) bond motifs is 1. The van der Waals surface area contributed by atoms with Crippen LogP contribution in [-0.4, -0.2) is 15.5 Å². The van der Waals surface area contributed by atoms with Crippen molar-refractivity contribution in [2.75, 3.05) is 5.32 Å². The van der Waals surface area contributed by atoms with Crippen molar-refractivity contribution in [1.82, 2.24) is 9.97 Å². The minimum atomic E-state index is -1.17. The molecule has 1 unspecified atom stereocenters. The predicted octanol–water partition coefficient (Wildman–Crippen LogP) is 4.01. The SMILES string of the molecule is CC1(C)Nc2nc(Cl)nc(-c3ccccc3)c2C1F. The molecule has 0 bridgehead atoms. The Kier molecular flexibility index (Phi) is 2.71. The van der Waals surface area contributed by atoms with Crippen molar-refractivity contribution < 1.29 is 4.39 Å². The minimum absolute atomic E-state index is 0.120. The van der Waals surface area contributed by atoms with Gasteiger partial charge in [-0.1, -0.05) is 30.3 Å². The number of nitrogens with zero attached hydrogens (tertiary/aromatic N) is 2. The zero-order chi connectivity index (χ0) is 13.6. The fourth-order valence-corrected chi connectivity index (χ4v) is 2.49. The smallest absolute Gasteiger partial charge is 0.224 e. The van der Waals surface area contributed by atoms with Crippen molar-refractivity contribution in [2.45, 2.75) is 25.6 Å². The van der Waals surface area contributed by atoms with Crippen molar-refractivity contribution in [3.63, 3.8) is 0 Å². The summed E-state index contributed by atoms with van der Waals surface area (Å²) in [6.45, 7) is 3.59. The Morgan fingerprint density at radius 3 is 2.58 bits per heavy atom. The first-order chi connectivity index (χ1) is 8.99. The quantitative estimate of drug-likeness (QED) is 0.800. The van der Waals surface area contributed by atoms with Gasteiger partial charge < -0.3 is 5.32 Å². The van der Waals surface area contributed by atoms with E-state index in [4.69, 9.17) is 11.6 Å². The van der Waals surface area contributed by atoms with Gasteiger partial charge in [-0.3, -0.25) is 0 Å². The molecule has 3 rings (SSSR count). The van der Waals surface area contributed by atoms with Gasteiger partial charge in [0.05, 0.1) is 16.8 Å². The largest absolute Gasteiger partial charge is 0.361 e. The normalized spacial score (nSPS) is 19.9. The number of benzene rings is 1. The van der Waals surface area contributed by atoms with Gasteiger partial charge in [0, 0.05) is 5.56 Å². The van der Waals surface area contributed by atoms with Crippen LogP contribution in [0.5, 0.6) is 0 Å². The Morgan fingerprint density at radius 2 is 1.89 bits per heavy atom. The summed E-state index contributed by atoms with van der Waals surface area (Å²) in [5.41, 5.74) is 1.18. The molecule has 1 atom stereocenters. The van der Waals surface area contributed by atoms with E-state index in [1.54, 1.807) is 13.8 Å². The number of aromatic nitrogens is 2. The van der Waals surface area contributed by atoms with Gasteiger partial charge in [0.25, 0.3) is 0 Å². The van der Waals surface area contributed by atoms with Crippen LogP contribution >= 0.6 is 11.6 Å². The second kappa shape index (κ2) is 4.17. The molecule has 0 saturated carbocycles. The van der Waals surface area contributed by atoms with E-state index in [-0.39, 0.29) is 5.28 Å². The van der Waals surface area contributed by atoms with Crippen molar-refractivity contribution in [3.8, 4) is 11.3 Å². The van der Waals surface area contributed by atoms with Gasteiger partial charge in [0.2, 0.25) is 5.28 Å². The van der Waals surface area contributed by atoms with E-state index >= 15 is 0 Å². The lowest BCUT2D eigenvalue weighted by Crippen LogP contribution is -2.29. The van der Waals surface area contributed by atoms with Gasteiger partial charge in [-0.05, 0) is 25.4 Å². The molecule has 1 aliphatic rings. The summed E-state index contributed by atoms with van der Waals surface area (Å²) in [6.07, 6.45) is -1.17. The molecule has 0 spiro atoms. The number of rotatable bonds is 1. The molecule has 0 aliphatic carbocycles. The number of anilines is 1. The number of nitrogens with one attached hydrogen (secondary N) is 1. The number of hydrogen-bond acceptors (Lipinski definition) is 3. The fraction of sp³-hybridized carbons (Fsp3) is 0.286. The maximum atomic E-state index is 14.6. The van der Waals surface area contributed by atoms with Crippen LogP contribution in [0.2, 0.25) is 5.28 Å². The third kappa shape index (κ3) is 1.96. The molecule has 5 heteroatoms. The molecule has 0 fully saturated rings. The van der Waals surface area contributed by atoms with Gasteiger partial charge in [0.15, 0.2) is 6.17 Å². The van der Waals surface area contributed by atoms with Gasteiger partial charge in [-0.15, -0.1) is 0 Å². The molecule has 0 saturated heterocycles. The fourth-order valence-electron chi connectivity index (χ4n) is 2.32. The van der Waals surface area contributed by atoms with Gasteiger partial charge >= 0.3 is 0 Å². The lowest BCUT2D eigenvalue weighted by atomic mass is 9.95. The lowest BCUT2D eigenvalue weighted by molar-refractivity contribution is 0.257. The van der Waals surface area contributed by atoms with Gasteiger partial charge in [-0.25, -0.2) is 14.4 Å². The molecule has 0 radical (unpaired) electrons. The average Bonchev–Trinajstić information content (AvgIpc) is 2.60. The monoisotopic (exact) mass is 277 g/mol. The molecular weight excluding hydrogens is 265 g/mol. The first kappa shape index (κ1) is 12.4. The molecule has 2 aromatic rings.